The Morgan fingerprint density at radius 1 is 1.43 bits per heavy atom. The van der Waals surface area contributed by atoms with Crippen molar-refractivity contribution in [2.24, 2.45) is 11.8 Å². The lowest BCUT2D eigenvalue weighted by Crippen LogP contribution is -2.12. The maximum absolute atomic E-state index is 8.92. The van der Waals surface area contributed by atoms with Crippen molar-refractivity contribution in [3.8, 4) is 6.07 Å². The Balaban J connectivity index is 2.33. The van der Waals surface area contributed by atoms with Crippen LogP contribution >= 0.6 is 0 Å². The molecule has 1 aliphatic carbocycles. The van der Waals surface area contributed by atoms with Crippen molar-refractivity contribution in [2.45, 2.75) is 18.9 Å². The van der Waals surface area contributed by atoms with E-state index in [1.54, 1.807) is 6.07 Å². The number of nitrogens with two attached hydrogens (primary N) is 1. The molecule has 0 bridgehead atoms. The normalized spacial score (nSPS) is 17.4. The predicted octanol–water partition coefficient (Wildman–Crippen LogP) is 1.90. The van der Waals surface area contributed by atoms with Crippen LogP contribution in [0.3, 0.4) is 0 Å². The van der Waals surface area contributed by atoms with Crippen LogP contribution in [-0.4, -0.2) is 0 Å². The quantitative estimate of drug-likeness (QED) is 0.737. The first-order chi connectivity index (χ1) is 6.86. The molecule has 14 heavy (non-hydrogen) atoms. The van der Waals surface area contributed by atoms with Crippen LogP contribution in [0.25, 0.3) is 0 Å². The van der Waals surface area contributed by atoms with Crippen LogP contribution in [0.2, 0.25) is 0 Å². The molecular weight excluding hydrogens is 176 g/mol. The van der Waals surface area contributed by atoms with E-state index in [9.17, 15) is 0 Å². The lowest BCUT2D eigenvalue weighted by molar-refractivity contribution is 0.0366. The van der Waals surface area contributed by atoms with Crippen molar-refractivity contribution in [1.29, 1.82) is 5.26 Å². The average molecular weight is 188 g/mol. The van der Waals surface area contributed by atoms with Crippen LogP contribution in [0.5, 0.6) is 0 Å². The van der Waals surface area contributed by atoms with Gasteiger partial charge in [0.25, 0.3) is 0 Å². The molecule has 1 saturated carbocycles. The van der Waals surface area contributed by atoms with Crippen molar-refractivity contribution >= 4 is 0 Å². The highest BCUT2D eigenvalue weighted by Crippen LogP contribution is 2.43. The van der Waals surface area contributed by atoms with E-state index in [-0.39, 0.29) is 6.10 Å². The zero-order valence-electron chi connectivity index (χ0n) is 7.81. The third-order valence-corrected chi connectivity index (χ3v) is 2.58. The molecule has 1 aliphatic rings. The molecule has 0 saturated heterocycles. The molecule has 72 valence electrons. The lowest BCUT2D eigenvalue weighted by Gasteiger charge is -2.14. The van der Waals surface area contributed by atoms with E-state index in [0.717, 1.165) is 18.4 Å². The Morgan fingerprint density at radius 2 is 2.14 bits per heavy atom. The molecule has 1 unspecified atom stereocenters. The fraction of sp³-hybridized carbons (Fsp3) is 0.364. The summed E-state index contributed by atoms with van der Waals surface area (Å²) in [5, 5.41) is 8.92. The lowest BCUT2D eigenvalue weighted by atomic mass is 10.0. The zero-order valence-corrected chi connectivity index (χ0v) is 7.81. The molecule has 0 heterocycles. The summed E-state index contributed by atoms with van der Waals surface area (Å²) in [5.41, 5.74) is 1.58. The Kier molecular flexibility index (Phi) is 2.49. The van der Waals surface area contributed by atoms with Gasteiger partial charge in [-0.05, 0) is 24.8 Å². The van der Waals surface area contributed by atoms with Crippen LogP contribution < -0.4 is 5.90 Å². The summed E-state index contributed by atoms with van der Waals surface area (Å²) in [7, 11) is 0. The molecule has 3 nitrogen and oxygen atoms in total. The van der Waals surface area contributed by atoms with Gasteiger partial charge >= 0.3 is 0 Å². The molecular formula is C11H12N2O. The average Bonchev–Trinajstić information content (AvgIpc) is 3.04. The highest BCUT2D eigenvalue weighted by atomic mass is 16.6. The predicted molar refractivity (Wildman–Crippen MR) is 51.9 cm³/mol. The second-order valence-electron chi connectivity index (χ2n) is 3.59. The fourth-order valence-electron chi connectivity index (χ4n) is 1.68. The van der Waals surface area contributed by atoms with E-state index >= 15 is 0 Å². The minimum atomic E-state index is -0.106. The summed E-state index contributed by atoms with van der Waals surface area (Å²) in [5.74, 6) is 5.75. The third-order valence-electron chi connectivity index (χ3n) is 2.58. The van der Waals surface area contributed by atoms with Gasteiger partial charge in [-0.2, -0.15) is 5.26 Å². The van der Waals surface area contributed by atoms with Crippen molar-refractivity contribution in [2.75, 3.05) is 0 Å². The van der Waals surface area contributed by atoms with E-state index in [1.165, 1.54) is 0 Å². The monoisotopic (exact) mass is 188 g/mol. The van der Waals surface area contributed by atoms with Crippen LogP contribution in [0.4, 0.5) is 0 Å². The molecule has 3 heteroatoms. The summed E-state index contributed by atoms with van der Waals surface area (Å²) in [4.78, 5) is 4.95. The first-order valence-corrected chi connectivity index (χ1v) is 4.71. The third kappa shape index (κ3) is 1.63. The summed E-state index contributed by atoms with van der Waals surface area (Å²) >= 11 is 0. The number of nitrogens with zero attached hydrogens (tertiary/aromatic N) is 1. The minimum absolute atomic E-state index is 0.106. The molecule has 1 aromatic rings. The Bertz CT molecular complexity index is 366. The van der Waals surface area contributed by atoms with Gasteiger partial charge in [-0.1, -0.05) is 18.2 Å². The van der Waals surface area contributed by atoms with Gasteiger partial charge in [0.15, 0.2) is 0 Å². The fourth-order valence-corrected chi connectivity index (χ4v) is 1.68. The number of nitriles is 1. The smallest absolute Gasteiger partial charge is 0.108 e. The van der Waals surface area contributed by atoms with Crippen LogP contribution in [-0.2, 0) is 4.84 Å². The van der Waals surface area contributed by atoms with Gasteiger partial charge in [0.05, 0.1) is 11.6 Å². The first-order valence-electron chi connectivity index (χ1n) is 4.71. The number of benzene rings is 1. The summed E-state index contributed by atoms with van der Waals surface area (Å²) in [6.07, 6.45) is 2.18. The van der Waals surface area contributed by atoms with Crippen molar-refractivity contribution in [1.82, 2.24) is 0 Å². The van der Waals surface area contributed by atoms with Gasteiger partial charge in [-0.25, -0.2) is 5.90 Å². The zero-order chi connectivity index (χ0) is 9.97. The van der Waals surface area contributed by atoms with Gasteiger partial charge in [-0.3, -0.25) is 4.84 Å². The van der Waals surface area contributed by atoms with Crippen molar-refractivity contribution in [3.05, 3.63) is 35.4 Å². The molecule has 1 fully saturated rings. The Labute approximate surface area is 83.1 Å². The van der Waals surface area contributed by atoms with Gasteiger partial charge in [0.2, 0.25) is 0 Å². The Morgan fingerprint density at radius 3 is 2.71 bits per heavy atom. The van der Waals surface area contributed by atoms with E-state index in [4.69, 9.17) is 16.0 Å². The molecule has 2 rings (SSSR count). The summed E-state index contributed by atoms with van der Waals surface area (Å²) in [6.45, 7) is 0. The maximum Gasteiger partial charge on any atom is 0.108 e. The van der Waals surface area contributed by atoms with E-state index in [1.807, 2.05) is 18.2 Å². The topological polar surface area (TPSA) is 59.0 Å². The highest BCUT2D eigenvalue weighted by molar-refractivity contribution is 5.39. The first kappa shape index (κ1) is 9.20. The standard InChI is InChI=1S/C11H12N2O/c12-7-9-3-1-2-4-10(9)11(14-13)8-5-6-8/h1-4,8,11H,5-6,13H2. The SMILES string of the molecule is N#Cc1ccccc1C(ON)C1CC1. The van der Waals surface area contributed by atoms with E-state index in [2.05, 4.69) is 6.07 Å². The molecule has 0 aliphatic heterocycles. The molecule has 0 amide bonds. The molecule has 2 N–H and O–H groups in total. The van der Waals surface area contributed by atoms with E-state index in [0.29, 0.717) is 11.5 Å². The number of rotatable bonds is 3. The molecule has 0 radical (unpaired) electrons. The number of hydrogen-bond acceptors (Lipinski definition) is 3. The molecule has 0 aromatic heterocycles. The van der Waals surface area contributed by atoms with Gasteiger partial charge < -0.3 is 0 Å². The summed E-state index contributed by atoms with van der Waals surface area (Å²) < 4.78 is 0. The second kappa shape index (κ2) is 3.79. The van der Waals surface area contributed by atoms with Gasteiger partial charge in [0.1, 0.15) is 6.10 Å². The van der Waals surface area contributed by atoms with Crippen LogP contribution in [0.1, 0.15) is 30.1 Å². The largest absolute Gasteiger partial charge is 0.296 e. The van der Waals surface area contributed by atoms with E-state index < -0.39 is 0 Å². The second-order valence-corrected chi connectivity index (χ2v) is 3.59. The molecule has 1 atom stereocenters. The Hall–Kier alpha value is -1.37. The molecule has 0 spiro atoms. The van der Waals surface area contributed by atoms with Crippen molar-refractivity contribution < 1.29 is 4.84 Å². The van der Waals surface area contributed by atoms with Crippen molar-refractivity contribution in [3.63, 3.8) is 0 Å². The highest BCUT2D eigenvalue weighted by Gasteiger charge is 2.34. The maximum atomic E-state index is 8.92. The number of hydrogen-bond donors (Lipinski definition) is 1. The van der Waals surface area contributed by atoms with Crippen LogP contribution in [0, 0.1) is 17.2 Å². The van der Waals surface area contributed by atoms with Crippen LogP contribution in [0.15, 0.2) is 24.3 Å². The van der Waals surface area contributed by atoms with Gasteiger partial charge in [-0.15, -0.1) is 0 Å². The summed E-state index contributed by atoms with van der Waals surface area (Å²) in [6, 6.07) is 9.62. The van der Waals surface area contributed by atoms with Gasteiger partial charge in [0, 0.05) is 5.56 Å². The molecule has 1 aromatic carbocycles. The minimum Gasteiger partial charge on any atom is -0.296 e.